The molecule has 1 aromatic carbocycles. The molecule has 106 valence electrons. The van der Waals surface area contributed by atoms with Crippen molar-refractivity contribution in [2.24, 2.45) is 4.99 Å². The van der Waals surface area contributed by atoms with E-state index < -0.39 is 0 Å². The maximum absolute atomic E-state index is 4.61. The van der Waals surface area contributed by atoms with Crippen molar-refractivity contribution in [1.82, 2.24) is 4.98 Å². The molecule has 2 aromatic rings. The number of rotatable bonds is 2. The van der Waals surface area contributed by atoms with Gasteiger partial charge in [0, 0.05) is 11.8 Å². The minimum Gasteiger partial charge on any atom is -0.334 e. The third kappa shape index (κ3) is 2.45. The zero-order chi connectivity index (χ0) is 14.8. The molecule has 0 aliphatic carbocycles. The molecule has 3 nitrogen and oxygen atoms in total. The van der Waals surface area contributed by atoms with Crippen LogP contribution in [-0.4, -0.2) is 17.4 Å². The van der Waals surface area contributed by atoms with E-state index in [1.54, 1.807) is 0 Å². The molecular formula is C18H19N3. The van der Waals surface area contributed by atoms with Crippen molar-refractivity contribution in [3.05, 3.63) is 53.2 Å². The number of aromatic nitrogens is 1. The van der Waals surface area contributed by atoms with Gasteiger partial charge in [-0.25, -0.2) is 0 Å². The lowest BCUT2D eigenvalue weighted by Crippen LogP contribution is -2.37. The Morgan fingerprint density at radius 3 is 2.76 bits per heavy atom. The first kappa shape index (κ1) is 13.5. The Hall–Kier alpha value is -2.47. The van der Waals surface area contributed by atoms with E-state index in [9.17, 15) is 0 Å². The van der Waals surface area contributed by atoms with Crippen LogP contribution in [0.5, 0.6) is 0 Å². The molecule has 0 saturated carbocycles. The molecule has 21 heavy (non-hydrogen) atoms. The van der Waals surface area contributed by atoms with E-state index in [1.807, 2.05) is 19.2 Å². The number of nitrogens with zero attached hydrogens (tertiary/aromatic N) is 2. The van der Waals surface area contributed by atoms with Crippen molar-refractivity contribution in [1.29, 1.82) is 0 Å². The Labute approximate surface area is 125 Å². The van der Waals surface area contributed by atoms with Gasteiger partial charge in [-0.15, -0.1) is 0 Å². The SMILES string of the molecule is CC#Cc1cc2c([nH]1)N([C@H](C)c1ccccc1)C(C)N=C2. The Bertz CT molecular complexity index is 716. The van der Waals surface area contributed by atoms with E-state index in [4.69, 9.17) is 0 Å². The lowest BCUT2D eigenvalue weighted by Gasteiger charge is -2.36. The van der Waals surface area contributed by atoms with Gasteiger partial charge in [0.2, 0.25) is 0 Å². The number of H-pyrrole nitrogens is 1. The van der Waals surface area contributed by atoms with Gasteiger partial charge in [-0.1, -0.05) is 36.3 Å². The van der Waals surface area contributed by atoms with Crippen LogP contribution in [0.1, 0.15) is 43.6 Å². The summed E-state index contributed by atoms with van der Waals surface area (Å²) in [5, 5.41) is 0. The van der Waals surface area contributed by atoms with Gasteiger partial charge in [0.25, 0.3) is 0 Å². The molecule has 2 atom stereocenters. The second-order valence-electron chi connectivity index (χ2n) is 5.27. The van der Waals surface area contributed by atoms with Crippen molar-refractivity contribution >= 4 is 12.0 Å². The number of aromatic amines is 1. The van der Waals surface area contributed by atoms with Crippen LogP contribution in [-0.2, 0) is 0 Å². The number of benzene rings is 1. The average Bonchev–Trinajstić information content (AvgIpc) is 2.90. The van der Waals surface area contributed by atoms with Crippen molar-refractivity contribution in [2.45, 2.75) is 33.0 Å². The van der Waals surface area contributed by atoms with Crippen molar-refractivity contribution < 1.29 is 0 Å². The second-order valence-corrected chi connectivity index (χ2v) is 5.27. The first-order valence-electron chi connectivity index (χ1n) is 7.23. The van der Waals surface area contributed by atoms with Crippen LogP contribution in [0.2, 0.25) is 0 Å². The molecule has 0 spiro atoms. The van der Waals surface area contributed by atoms with E-state index >= 15 is 0 Å². The summed E-state index contributed by atoms with van der Waals surface area (Å²) < 4.78 is 0. The van der Waals surface area contributed by atoms with E-state index in [1.165, 1.54) is 5.56 Å². The number of fused-ring (bicyclic) bond motifs is 1. The van der Waals surface area contributed by atoms with Crippen LogP contribution in [0.25, 0.3) is 0 Å². The van der Waals surface area contributed by atoms with E-state index in [-0.39, 0.29) is 12.2 Å². The molecule has 1 N–H and O–H groups in total. The third-order valence-corrected chi connectivity index (χ3v) is 3.88. The molecule has 1 unspecified atom stereocenters. The topological polar surface area (TPSA) is 31.4 Å². The lowest BCUT2D eigenvalue weighted by atomic mass is 10.1. The van der Waals surface area contributed by atoms with Crippen molar-refractivity contribution in [2.75, 3.05) is 4.90 Å². The highest BCUT2D eigenvalue weighted by atomic mass is 15.3. The summed E-state index contributed by atoms with van der Waals surface area (Å²) >= 11 is 0. The predicted molar refractivity (Wildman–Crippen MR) is 87.7 cm³/mol. The molecule has 0 saturated heterocycles. The van der Waals surface area contributed by atoms with Crippen molar-refractivity contribution in [3.63, 3.8) is 0 Å². The fourth-order valence-electron chi connectivity index (χ4n) is 2.83. The Morgan fingerprint density at radius 1 is 1.29 bits per heavy atom. The van der Waals surface area contributed by atoms with Crippen LogP contribution >= 0.6 is 0 Å². The zero-order valence-corrected chi connectivity index (χ0v) is 12.6. The minimum absolute atomic E-state index is 0.105. The van der Waals surface area contributed by atoms with Gasteiger partial charge in [-0.3, -0.25) is 4.99 Å². The molecule has 1 aliphatic heterocycles. The van der Waals surface area contributed by atoms with E-state index in [0.717, 1.165) is 17.1 Å². The minimum atomic E-state index is 0.105. The smallest absolute Gasteiger partial charge is 0.119 e. The van der Waals surface area contributed by atoms with Gasteiger partial charge in [0.15, 0.2) is 0 Å². The maximum atomic E-state index is 4.61. The molecule has 1 aliphatic rings. The summed E-state index contributed by atoms with van der Waals surface area (Å²) in [6.45, 7) is 6.17. The highest BCUT2D eigenvalue weighted by molar-refractivity contribution is 5.90. The number of nitrogens with one attached hydrogen (secondary N) is 1. The monoisotopic (exact) mass is 277 g/mol. The molecule has 3 rings (SSSR count). The number of anilines is 1. The van der Waals surface area contributed by atoms with Gasteiger partial charge in [-0.05, 0) is 38.3 Å². The quantitative estimate of drug-likeness (QED) is 0.833. The van der Waals surface area contributed by atoms with Crippen LogP contribution in [0.15, 0.2) is 41.4 Å². The molecule has 2 heterocycles. The van der Waals surface area contributed by atoms with Crippen LogP contribution in [0, 0.1) is 11.8 Å². The van der Waals surface area contributed by atoms with Gasteiger partial charge in [0.1, 0.15) is 12.0 Å². The maximum Gasteiger partial charge on any atom is 0.119 e. The summed E-state index contributed by atoms with van der Waals surface area (Å²) in [4.78, 5) is 10.3. The Balaban J connectivity index is 2.02. The molecule has 0 bridgehead atoms. The molecular weight excluding hydrogens is 258 g/mol. The first-order chi connectivity index (χ1) is 10.2. The zero-order valence-electron chi connectivity index (χ0n) is 12.6. The summed E-state index contributed by atoms with van der Waals surface area (Å²) in [5.41, 5.74) is 3.33. The second kappa shape index (κ2) is 5.49. The standard InChI is InChI=1S/C18H19N3/c1-4-8-17-11-16-12-19-14(3)21(18(16)20-17)13(2)15-9-6-5-7-10-15/h5-7,9-14,20H,1-3H3/t13-,14?/m1/s1. The van der Waals surface area contributed by atoms with Gasteiger partial charge in [0.05, 0.1) is 11.7 Å². The fourth-order valence-corrected chi connectivity index (χ4v) is 2.83. The fraction of sp³-hybridized carbons (Fsp3) is 0.278. The largest absolute Gasteiger partial charge is 0.334 e. The summed E-state index contributed by atoms with van der Waals surface area (Å²) in [7, 11) is 0. The lowest BCUT2D eigenvalue weighted by molar-refractivity contribution is 0.572. The van der Waals surface area contributed by atoms with E-state index in [0.29, 0.717) is 0 Å². The van der Waals surface area contributed by atoms with Crippen LogP contribution < -0.4 is 4.90 Å². The predicted octanol–water partition coefficient (Wildman–Crippen LogP) is 3.73. The summed E-state index contributed by atoms with van der Waals surface area (Å²) in [6, 6.07) is 12.8. The first-order valence-corrected chi connectivity index (χ1v) is 7.23. The molecule has 0 amide bonds. The summed E-state index contributed by atoms with van der Waals surface area (Å²) in [6.07, 6.45) is 2.04. The average molecular weight is 277 g/mol. The number of hydrogen-bond donors (Lipinski definition) is 1. The number of aliphatic imine (C=N–C) groups is 1. The van der Waals surface area contributed by atoms with Gasteiger partial charge in [-0.2, -0.15) is 0 Å². The highest BCUT2D eigenvalue weighted by Gasteiger charge is 2.27. The molecule has 1 aromatic heterocycles. The Morgan fingerprint density at radius 2 is 2.05 bits per heavy atom. The summed E-state index contributed by atoms with van der Waals surface area (Å²) in [5.74, 6) is 7.12. The number of hydrogen-bond acceptors (Lipinski definition) is 2. The third-order valence-electron chi connectivity index (χ3n) is 3.88. The van der Waals surface area contributed by atoms with Crippen LogP contribution in [0.4, 0.5) is 5.82 Å². The molecule has 0 fully saturated rings. The Kier molecular flexibility index (Phi) is 3.53. The molecule has 0 radical (unpaired) electrons. The van der Waals surface area contributed by atoms with Gasteiger partial charge >= 0.3 is 0 Å². The van der Waals surface area contributed by atoms with E-state index in [2.05, 4.69) is 70.9 Å². The van der Waals surface area contributed by atoms with Crippen LogP contribution in [0.3, 0.4) is 0 Å². The van der Waals surface area contributed by atoms with Crippen molar-refractivity contribution in [3.8, 4) is 11.8 Å². The normalized spacial score (nSPS) is 17.9. The highest BCUT2D eigenvalue weighted by Crippen LogP contribution is 2.33. The molecule has 3 heteroatoms. The van der Waals surface area contributed by atoms with Gasteiger partial charge < -0.3 is 9.88 Å².